The van der Waals surface area contributed by atoms with Crippen LogP contribution >= 0.6 is 0 Å². The zero-order valence-electron chi connectivity index (χ0n) is 12.3. The van der Waals surface area contributed by atoms with Crippen molar-refractivity contribution in [2.24, 2.45) is 17.7 Å². The van der Waals surface area contributed by atoms with Gasteiger partial charge in [0.2, 0.25) is 5.88 Å². The van der Waals surface area contributed by atoms with Crippen LogP contribution in [0.4, 0.5) is 4.39 Å². The first-order valence-corrected chi connectivity index (χ1v) is 6.81. The minimum atomic E-state index is -0.475. The third-order valence-electron chi connectivity index (χ3n) is 4.30. The Kier molecular flexibility index (Phi) is 4.57. The van der Waals surface area contributed by atoms with Crippen molar-refractivity contribution in [3.63, 3.8) is 0 Å². The Labute approximate surface area is 118 Å². The maximum absolute atomic E-state index is 14.4. The molecule has 20 heavy (non-hydrogen) atoms. The third kappa shape index (κ3) is 2.51. The molecule has 0 bridgehead atoms. The number of aromatic nitrogens is 1. The zero-order valence-corrected chi connectivity index (χ0v) is 12.3. The predicted octanol–water partition coefficient (Wildman–Crippen LogP) is 1.79. The van der Waals surface area contributed by atoms with Crippen molar-refractivity contribution in [1.29, 1.82) is 0 Å². The van der Waals surface area contributed by atoms with E-state index in [4.69, 9.17) is 15.3 Å². The van der Waals surface area contributed by atoms with E-state index in [-0.39, 0.29) is 36.0 Å². The van der Waals surface area contributed by atoms with E-state index in [1.165, 1.54) is 13.3 Å². The normalized spacial score (nSPS) is 31.3. The minimum Gasteiger partial charge on any atom is -0.479 e. The number of ether oxygens (including phenoxy) is 2. The molecule has 112 valence electrons. The van der Waals surface area contributed by atoms with E-state index in [2.05, 4.69) is 17.3 Å². The number of hydrogen-bond donors (Lipinski definition) is 2. The van der Waals surface area contributed by atoms with E-state index in [0.717, 1.165) is 0 Å². The van der Waals surface area contributed by atoms with Gasteiger partial charge >= 0.3 is 0 Å². The molecule has 0 radical (unpaired) electrons. The first-order chi connectivity index (χ1) is 9.51. The Morgan fingerprint density at radius 2 is 2.10 bits per heavy atom. The summed E-state index contributed by atoms with van der Waals surface area (Å²) < 4.78 is 25.1. The van der Waals surface area contributed by atoms with E-state index >= 15 is 0 Å². The number of halogens is 1. The fourth-order valence-electron chi connectivity index (χ4n) is 3.10. The molecule has 1 saturated heterocycles. The summed E-state index contributed by atoms with van der Waals surface area (Å²) in [6.45, 7) is 6.11. The van der Waals surface area contributed by atoms with Crippen LogP contribution in [0.5, 0.6) is 5.88 Å². The molecule has 5 nitrogen and oxygen atoms in total. The summed E-state index contributed by atoms with van der Waals surface area (Å²) in [7, 11) is 1.39. The highest BCUT2D eigenvalue weighted by Gasteiger charge is 2.43. The van der Waals surface area contributed by atoms with Crippen LogP contribution in [0.15, 0.2) is 12.3 Å². The van der Waals surface area contributed by atoms with Crippen LogP contribution in [0, 0.1) is 17.7 Å². The van der Waals surface area contributed by atoms with Crippen molar-refractivity contribution in [3.8, 4) is 5.88 Å². The van der Waals surface area contributed by atoms with Crippen molar-refractivity contribution in [1.82, 2.24) is 10.4 Å². The average molecular weight is 283 g/mol. The molecule has 1 aliphatic heterocycles. The molecule has 1 aromatic rings. The maximum Gasteiger partial charge on any atom is 0.250 e. The summed E-state index contributed by atoms with van der Waals surface area (Å²) in [5, 5.41) is 0. The fourth-order valence-corrected chi connectivity index (χ4v) is 3.10. The van der Waals surface area contributed by atoms with Crippen LogP contribution in [0.1, 0.15) is 32.4 Å². The number of rotatable bonds is 4. The second kappa shape index (κ2) is 6.03. The van der Waals surface area contributed by atoms with Gasteiger partial charge in [0.1, 0.15) is 0 Å². The molecule has 0 aromatic carbocycles. The summed E-state index contributed by atoms with van der Waals surface area (Å²) in [6.07, 6.45) is 1.65. The lowest BCUT2D eigenvalue weighted by Gasteiger charge is -2.29. The van der Waals surface area contributed by atoms with Gasteiger partial charge in [-0.25, -0.2) is 9.37 Å². The van der Waals surface area contributed by atoms with Gasteiger partial charge in [-0.3, -0.25) is 11.3 Å². The topological polar surface area (TPSA) is 69.4 Å². The quantitative estimate of drug-likeness (QED) is 0.651. The van der Waals surface area contributed by atoms with Gasteiger partial charge in [-0.1, -0.05) is 6.92 Å². The molecule has 0 amide bonds. The second-order valence-electron chi connectivity index (χ2n) is 5.35. The zero-order chi connectivity index (χ0) is 14.9. The SMILES string of the molecule is COc1nccc(C(NN)C2C(C)OC(C)C2C)c1F. The van der Waals surface area contributed by atoms with E-state index in [0.29, 0.717) is 5.56 Å². The summed E-state index contributed by atoms with van der Waals surface area (Å²) >= 11 is 0. The van der Waals surface area contributed by atoms with Crippen molar-refractivity contribution >= 4 is 0 Å². The van der Waals surface area contributed by atoms with E-state index in [9.17, 15) is 4.39 Å². The second-order valence-corrected chi connectivity index (χ2v) is 5.35. The van der Waals surface area contributed by atoms with Gasteiger partial charge in [0.05, 0.1) is 25.4 Å². The lowest BCUT2D eigenvalue weighted by atomic mass is 9.81. The Bertz CT molecular complexity index is 472. The molecule has 2 rings (SSSR count). The lowest BCUT2D eigenvalue weighted by Crippen LogP contribution is -2.39. The van der Waals surface area contributed by atoms with E-state index in [1.54, 1.807) is 6.07 Å². The van der Waals surface area contributed by atoms with Crippen LogP contribution in [0.25, 0.3) is 0 Å². The van der Waals surface area contributed by atoms with Crippen LogP contribution in [-0.4, -0.2) is 24.3 Å². The molecule has 1 aromatic heterocycles. The Hall–Kier alpha value is -1.24. The van der Waals surface area contributed by atoms with Gasteiger partial charge in [0.25, 0.3) is 0 Å². The molecular weight excluding hydrogens is 261 g/mol. The molecule has 3 N–H and O–H groups in total. The van der Waals surface area contributed by atoms with Crippen molar-refractivity contribution < 1.29 is 13.9 Å². The molecule has 1 aliphatic rings. The third-order valence-corrected chi connectivity index (χ3v) is 4.30. The van der Waals surface area contributed by atoms with Gasteiger partial charge < -0.3 is 9.47 Å². The number of nitrogens with one attached hydrogen (secondary N) is 1. The number of nitrogens with zero attached hydrogens (tertiary/aromatic N) is 1. The number of hydrazine groups is 1. The molecule has 0 spiro atoms. The molecule has 6 heteroatoms. The molecule has 1 fully saturated rings. The Morgan fingerprint density at radius 1 is 1.40 bits per heavy atom. The van der Waals surface area contributed by atoms with Crippen molar-refractivity contribution in [3.05, 3.63) is 23.6 Å². The highest BCUT2D eigenvalue weighted by molar-refractivity contribution is 5.27. The fraction of sp³-hybridized carbons (Fsp3) is 0.643. The van der Waals surface area contributed by atoms with Crippen molar-refractivity contribution in [2.75, 3.05) is 7.11 Å². The molecule has 5 atom stereocenters. The van der Waals surface area contributed by atoms with E-state index < -0.39 is 5.82 Å². The first-order valence-electron chi connectivity index (χ1n) is 6.81. The highest BCUT2D eigenvalue weighted by atomic mass is 19.1. The highest BCUT2D eigenvalue weighted by Crippen LogP contribution is 2.41. The summed E-state index contributed by atoms with van der Waals surface area (Å²) in [5.74, 6) is 5.54. The van der Waals surface area contributed by atoms with Crippen LogP contribution in [-0.2, 0) is 4.74 Å². The molecule has 0 aliphatic carbocycles. The maximum atomic E-state index is 14.4. The Balaban J connectivity index is 2.38. The van der Waals surface area contributed by atoms with Crippen LogP contribution < -0.4 is 16.0 Å². The van der Waals surface area contributed by atoms with Gasteiger partial charge in [0.15, 0.2) is 5.82 Å². The lowest BCUT2D eigenvalue weighted by molar-refractivity contribution is 0.0473. The van der Waals surface area contributed by atoms with Gasteiger partial charge in [0, 0.05) is 17.7 Å². The monoisotopic (exact) mass is 283 g/mol. The summed E-state index contributed by atoms with van der Waals surface area (Å²) in [5.41, 5.74) is 3.19. The number of nitrogens with two attached hydrogens (primary N) is 1. The summed E-state index contributed by atoms with van der Waals surface area (Å²) in [6, 6.07) is 1.28. The number of pyridine rings is 1. The molecule has 0 saturated carbocycles. The average Bonchev–Trinajstić information content (AvgIpc) is 2.68. The largest absolute Gasteiger partial charge is 0.479 e. The van der Waals surface area contributed by atoms with Gasteiger partial charge in [-0.2, -0.15) is 0 Å². The molecule has 2 heterocycles. The first kappa shape index (κ1) is 15.2. The summed E-state index contributed by atoms with van der Waals surface area (Å²) in [4.78, 5) is 3.86. The smallest absolute Gasteiger partial charge is 0.250 e. The standard InChI is InChI=1S/C14H22FN3O2/c1-7-8(2)20-9(3)11(7)13(18-16)10-5-6-17-14(19-4)12(10)15/h5-9,11,13,18H,16H2,1-4H3. The minimum absolute atomic E-state index is 0.000361. The van der Waals surface area contributed by atoms with Crippen LogP contribution in [0.3, 0.4) is 0 Å². The van der Waals surface area contributed by atoms with Gasteiger partial charge in [-0.15, -0.1) is 0 Å². The Morgan fingerprint density at radius 3 is 2.60 bits per heavy atom. The molecular formula is C14H22FN3O2. The van der Waals surface area contributed by atoms with Crippen molar-refractivity contribution in [2.45, 2.75) is 39.0 Å². The van der Waals surface area contributed by atoms with Crippen LogP contribution in [0.2, 0.25) is 0 Å². The molecule has 5 unspecified atom stereocenters. The number of methoxy groups -OCH3 is 1. The number of hydrogen-bond acceptors (Lipinski definition) is 5. The predicted molar refractivity (Wildman–Crippen MR) is 73.5 cm³/mol. The van der Waals surface area contributed by atoms with Gasteiger partial charge in [-0.05, 0) is 25.8 Å². The van der Waals surface area contributed by atoms with E-state index in [1.807, 2.05) is 13.8 Å².